The number of nitrogens with zero attached hydrogens (tertiary/aromatic N) is 2. The molecule has 118 valence electrons. The maximum atomic E-state index is 12.7. The van der Waals surface area contributed by atoms with E-state index >= 15 is 0 Å². The maximum absolute atomic E-state index is 12.7. The Morgan fingerprint density at radius 3 is 2.33 bits per heavy atom. The highest BCUT2D eigenvalue weighted by atomic mass is 35.5. The Hall–Kier alpha value is -0.530. The Balaban J connectivity index is 2.24. The largest absolute Gasteiger partial charge is 0.398 e. The van der Waals surface area contributed by atoms with Gasteiger partial charge in [-0.1, -0.05) is 30.1 Å². The molecule has 0 bridgehead atoms. The fraction of sp³-hybridized carbons (Fsp3) is 0.538. The van der Waals surface area contributed by atoms with Gasteiger partial charge in [-0.15, -0.1) is 0 Å². The molecule has 2 rings (SSSR count). The summed E-state index contributed by atoms with van der Waals surface area (Å²) in [5, 5.41) is 0.389. The SMILES string of the molecule is CCCN1CCN(S(=O)(=O)c2c(N)cc(Cl)cc2Cl)CC1. The van der Waals surface area contributed by atoms with Crippen molar-refractivity contribution in [2.24, 2.45) is 0 Å². The molecule has 0 aliphatic carbocycles. The van der Waals surface area contributed by atoms with E-state index in [0.29, 0.717) is 18.1 Å². The van der Waals surface area contributed by atoms with Gasteiger partial charge in [0.1, 0.15) is 4.90 Å². The van der Waals surface area contributed by atoms with Crippen LogP contribution in [0.4, 0.5) is 5.69 Å². The molecule has 0 spiro atoms. The lowest BCUT2D eigenvalue weighted by Gasteiger charge is -2.34. The smallest absolute Gasteiger partial charge is 0.246 e. The van der Waals surface area contributed by atoms with Crippen molar-refractivity contribution in [1.82, 2.24) is 9.21 Å². The Kier molecular flexibility index (Phi) is 5.38. The number of benzene rings is 1. The molecular formula is C13H19Cl2N3O2S. The Bertz CT molecular complexity index is 591. The summed E-state index contributed by atoms with van der Waals surface area (Å²) in [5.74, 6) is 0. The van der Waals surface area contributed by atoms with E-state index in [1.54, 1.807) is 0 Å². The van der Waals surface area contributed by atoms with Gasteiger partial charge in [-0.25, -0.2) is 8.42 Å². The molecule has 0 radical (unpaired) electrons. The van der Waals surface area contributed by atoms with Crippen molar-refractivity contribution in [2.45, 2.75) is 18.2 Å². The van der Waals surface area contributed by atoms with E-state index in [2.05, 4.69) is 11.8 Å². The molecule has 0 saturated carbocycles. The summed E-state index contributed by atoms with van der Waals surface area (Å²) in [5.41, 5.74) is 5.89. The highest BCUT2D eigenvalue weighted by Crippen LogP contribution is 2.33. The van der Waals surface area contributed by atoms with Gasteiger partial charge in [0.2, 0.25) is 10.0 Å². The van der Waals surface area contributed by atoms with E-state index in [4.69, 9.17) is 28.9 Å². The first-order valence-corrected chi connectivity index (χ1v) is 9.03. The summed E-state index contributed by atoms with van der Waals surface area (Å²) in [7, 11) is -3.69. The van der Waals surface area contributed by atoms with Crippen LogP contribution in [0.15, 0.2) is 17.0 Å². The van der Waals surface area contributed by atoms with Gasteiger partial charge in [-0.05, 0) is 25.1 Å². The maximum Gasteiger partial charge on any atom is 0.246 e. The van der Waals surface area contributed by atoms with Crippen LogP contribution in [-0.4, -0.2) is 50.3 Å². The topological polar surface area (TPSA) is 66.6 Å². The van der Waals surface area contributed by atoms with Gasteiger partial charge in [0.25, 0.3) is 0 Å². The van der Waals surface area contributed by atoms with Crippen LogP contribution in [0.3, 0.4) is 0 Å². The number of anilines is 1. The number of halogens is 2. The first-order chi connectivity index (χ1) is 9.86. The van der Waals surface area contributed by atoms with Crippen LogP contribution >= 0.6 is 23.2 Å². The highest BCUT2D eigenvalue weighted by Gasteiger charge is 2.31. The predicted molar refractivity (Wildman–Crippen MR) is 86.4 cm³/mol. The average Bonchev–Trinajstić information content (AvgIpc) is 2.38. The van der Waals surface area contributed by atoms with E-state index < -0.39 is 10.0 Å². The van der Waals surface area contributed by atoms with Crippen molar-refractivity contribution in [1.29, 1.82) is 0 Å². The molecule has 1 heterocycles. The van der Waals surface area contributed by atoms with Crippen LogP contribution in [0.5, 0.6) is 0 Å². The molecule has 0 unspecified atom stereocenters. The highest BCUT2D eigenvalue weighted by molar-refractivity contribution is 7.89. The van der Waals surface area contributed by atoms with Crippen molar-refractivity contribution >= 4 is 38.9 Å². The molecule has 8 heteroatoms. The lowest BCUT2D eigenvalue weighted by atomic mass is 10.3. The number of rotatable bonds is 4. The van der Waals surface area contributed by atoms with E-state index in [9.17, 15) is 8.42 Å². The van der Waals surface area contributed by atoms with Gasteiger partial charge in [0, 0.05) is 31.2 Å². The quantitative estimate of drug-likeness (QED) is 0.845. The molecule has 0 amide bonds. The molecule has 1 fully saturated rings. The number of sulfonamides is 1. The summed E-state index contributed by atoms with van der Waals surface area (Å²) in [6.45, 7) is 5.42. The molecule has 0 atom stereocenters. The van der Waals surface area contributed by atoms with Crippen LogP contribution in [0, 0.1) is 0 Å². The number of nitrogens with two attached hydrogens (primary N) is 1. The van der Waals surface area contributed by atoms with Crippen LogP contribution in [0.25, 0.3) is 0 Å². The van der Waals surface area contributed by atoms with Gasteiger partial charge >= 0.3 is 0 Å². The summed E-state index contributed by atoms with van der Waals surface area (Å²) in [6, 6.07) is 2.81. The second kappa shape index (κ2) is 6.71. The number of hydrogen-bond donors (Lipinski definition) is 1. The van der Waals surface area contributed by atoms with Crippen molar-refractivity contribution in [2.75, 3.05) is 38.5 Å². The molecule has 1 aliphatic rings. The molecule has 5 nitrogen and oxygen atoms in total. The third kappa shape index (κ3) is 3.63. The van der Waals surface area contributed by atoms with Gasteiger partial charge in [-0.3, -0.25) is 0 Å². The van der Waals surface area contributed by atoms with Crippen molar-refractivity contribution in [3.63, 3.8) is 0 Å². The Labute approximate surface area is 135 Å². The molecule has 1 aromatic carbocycles. The summed E-state index contributed by atoms with van der Waals surface area (Å²) in [4.78, 5) is 2.20. The molecule has 1 aliphatic heterocycles. The average molecular weight is 352 g/mol. The molecular weight excluding hydrogens is 333 g/mol. The minimum Gasteiger partial charge on any atom is -0.398 e. The van der Waals surface area contributed by atoms with Crippen molar-refractivity contribution < 1.29 is 8.42 Å². The minimum atomic E-state index is -3.69. The zero-order valence-corrected chi connectivity index (χ0v) is 14.2. The fourth-order valence-electron chi connectivity index (χ4n) is 2.49. The van der Waals surface area contributed by atoms with Gasteiger partial charge < -0.3 is 10.6 Å². The van der Waals surface area contributed by atoms with Crippen LogP contribution < -0.4 is 5.73 Å². The van der Waals surface area contributed by atoms with Gasteiger partial charge in [0.15, 0.2) is 0 Å². The van der Waals surface area contributed by atoms with E-state index in [0.717, 1.165) is 26.1 Å². The number of nitrogen functional groups attached to an aromatic ring is 1. The lowest BCUT2D eigenvalue weighted by Crippen LogP contribution is -2.48. The van der Waals surface area contributed by atoms with Crippen LogP contribution in [0.1, 0.15) is 13.3 Å². The molecule has 1 saturated heterocycles. The Morgan fingerprint density at radius 2 is 1.81 bits per heavy atom. The van der Waals surface area contributed by atoms with E-state index in [-0.39, 0.29) is 15.6 Å². The number of hydrogen-bond acceptors (Lipinski definition) is 4. The predicted octanol–water partition coefficient (Wildman–Crippen LogP) is 2.29. The van der Waals surface area contributed by atoms with Crippen molar-refractivity contribution in [3.8, 4) is 0 Å². The molecule has 21 heavy (non-hydrogen) atoms. The van der Waals surface area contributed by atoms with E-state index in [1.807, 2.05) is 0 Å². The second-order valence-corrected chi connectivity index (χ2v) is 7.77. The number of piperazine rings is 1. The third-order valence-electron chi connectivity index (χ3n) is 3.51. The van der Waals surface area contributed by atoms with Gasteiger partial charge in [-0.2, -0.15) is 4.31 Å². The summed E-state index contributed by atoms with van der Waals surface area (Å²) >= 11 is 11.9. The third-order valence-corrected chi connectivity index (χ3v) is 6.15. The van der Waals surface area contributed by atoms with Crippen LogP contribution in [-0.2, 0) is 10.0 Å². The summed E-state index contributed by atoms with van der Waals surface area (Å²) in [6.07, 6.45) is 1.06. The normalized spacial score (nSPS) is 18.0. The first-order valence-electron chi connectivity index (χ1n) is 6.83. The van der Waals surface area contributed by atoms with E-state index in [1.165, 1.54) is 16.4 Å². The summed E-state index contributed by atoms with van der Waals surface area (Å²) < 4.78 is 26.8. The monoisotopic (exact) mass is 351 g/mol. The molecule has 2 N–H and O–H groups in total. The van der Waals surface area contributed by atoms with Gasteiger partial charge in [0.05, 0.1) is 10.7 Å². The van der Waals surface area contributed by atoms with Crippen LogP contribution in [0.2, 0.25) is 10.0 Å². The second-order valence-electron chi connectivity index (χ2n) is 5.05. The fourth-order valence-corrected chi connectivity index (χ4v) is 4.86. The van der Waals surface area contributed by atoms with Crippen molar-refractivity contribution in [3.05, 3.63) is 22.2 Å². The minimum absolute atomic E-state index is 0.0440. The standard InChI is InChI=1S/C13H19Cl2N3O2S/c1-2-3-17-4-6-18(7-5-17)21(19,20)13-11(15)8-10(14)9-12(13)16/h8-9H,2-7,16H2,1H3. The first kappa shape index (κ1) is 16.8. The molecule has 0 aromatic heterocycles. The zero-order chi connectivity index (χ0) is 15.6. The Morgan fingerprint density at radius 1 is 1.19 bits per heavy atom. The molecule has 1 aromatic rings. The lowest BCUT2D eigenvalue weighted by molar-refractivity contribution is 0.189. The zero-order valence-electron chi connectivity index (χ0n) is 11.8.